The maximum atomic E-state index is 10.1. The lowest BCUT2D eigenvalue weighted by Gasteiger charge is -2.15. The fourth-order valence-corrected chi connectivity index (χ4v) is 2.40. The van der Waals surface area contributed by atoms with Gasteiger partial charge in [0.15, 0.2) is 11.5 Å². The lowest BCUT2D eigenvalue weighted by atomic mass is 10.1. The SMILES string of the molecule is COc1cccc(CNc2ccc(C)c(OC)c2C)c1O. The molecule has 0 heterocycles. The lowest BCUT2D eigenvalue weighted by Crippen LogP contribution is -2.03. The molecule has 0 fully saturated rings. The summed E-state index contributed by atoms with van der Waals surface area (Å²) in [5, 5.41) is 13.4. The minimum absolute atomic E-state index is 0.171. The van der Waals surface area contributed by atoms with Gasteiger partial charge in [-0.3, -0.25) is 0 Å². The van der Waals surface area contributed by atoms with Crippen LogP contribution >= 0.6 is 0 Å². The summed E-state index contributed by atoms with van der Waals surface area (Å²) >= 11 is 0. The number of aryl methyl sites for hydroxylation is 1. The van der Waals surface area contributed by atoms with Crippen molar-refractivity contribution in [2.45, 2.75) is 20.4 Å². The van der Waals surface area contributed by atoms with Gasteiger partial charge in [0.25, 0.3) is 0 Å². The molecule has 0 amide bonds. The maximum absolute atomic E-state index is 10.1. The summed E-state index contributed by atoms with van der Waals surface area (Å²) in [4.78, 5) is 0. The van der Waals surface area contributed by atoms with Crippen molar-refractivity contribution in [3.05, 3.63) is 47.0 Å². The van der Waals surface area contributed by atoms with Crippen LogP contribution in [0.25, 0.3) is 0 Å². The molecule has 2 N–H and O–H groups in total. The second-order valence-electron chi connectivity index (χ2n) is 4.91. The average molecular weight is 287 g/mol. The van der Waals surface area contributed by atoms with Crippen LogP contribution in [0.4, 0.5) is 5.69 Å². The van der Waals surface area contributed by atoms with E-state index in [1.54, 1.807) is 20.3 Å². The van der Waals surface area contributed by atoms with E-state index < -0.39 is 0 Å². The number of benzene rings is 2. The van der Waals surface area contributed by atoms with Crippen molar-refractivity contribution in [3.63, 3.8) is 0 Å². The van der Waals surface area contributed by atoms with E-state index in [2.05, 4.69) is 5.32 Å². The van der Waals surface area contributed by atoms with Crippen molar-refractivity contribution in [2.75, 3.05) is 19.5 Å². The molecule has 0 atom stereocenters. The van der Waals surface area contributed by atoms with Crippen molar-refractivity contribution in [1.82, 2.24) is 0 Å². The summed E-state index contributed by atoms with van der Waals surface area (Å²) in [6.45, 7) is 4.54. The highest BCUT2D eigenvalue weighted by atomic mass is 16.5. The van der Waals surface area contributed by atoms with Gasteiger partial charge in [0.1, 0.15) is 5.75 Å². The van der Waals surface area contributed by atoms with Gasteiger partial charge in [0.05, 0.1) is 14.2 Å². The predicted molar refractivity (Wildman–Crippen MR) is 84.5 cm³/mol. The van der Waals surface area contributed by atoms with Crippen molar-refractivity contribution in [1.29, 1.82) is 0 Å². The highest BCUT2D eigenvalue weighted by Gasteiger charge is 2.10. The molecule has 4 heteroatoms. The molecule has 0 aliphatic carbocycles. The molecule has 0 aliphatic rings. The van der Waals surface area contributed by atoms with Crippen LogP contribution in [0, 0.1) is 13.8 Å². The molecule has 21 heavy (non-hydrogen) atoms. The quantitative estimate of drug-likeness (QED) is 0.881. The van der Waals surface area contributed by atoms with E-state index in [-0.39, 0.29) is 5.75 Å². The van der Waals surface area contributed by atoms with Crippen LogP contribution in [0.3, 0.4) is 0 Å². The third-order valence-electron chi connectivity index (χ3n) is 3.58. The third-order valence-corrected chi connectivity index (χ3v) is 3.58. The molecule has 2 aromatic carbocycles. The maximum Gasteiger partial charge on any atom is 0.162 e. The number of ether oxygens (including phenoxy) is 2. The van der Waals surface area contributed by atoms with E-state index in [1.165, 1.54) is 0 Å². The summed E-state index contributed by atoms with van der Waals surface area (Å²) in [6.07, 6.45) is 0. The zero-order chi connectivity index (χ0) is 15.4. The molecule has 2 rings (SSSR count). The van der Waals surface area contributed by atoms with Gasteiger partial charge >= 0.3 is 0 Å². The van der Waals surface area contributed by atoms with Crippen LogP contribution in [-0.4, -0.2) is 19.3 Å². The Hall–Kier alpha value is -2.36. The van der Waals surface area contributed by atoms with Gasteiger partial charge in [-0.2, -0.15) is 0 Å². The smallest absolute Gasteiger partial charge is 0.162 e. The van der Waals surface area contributed by atoms with Crippen molar-refractivity contribution < 1.29 is 14.6 Å². The molecule has 0 bridgehead atoms. The Bertz CT molecular complexity index is 638. The standard InChI is InChI=1S/C17H21NO3/c1-11-8-9-14(12(2)17(11)21-4)18-10-13-6-5-7-15(20-3)16(13)19/h5-9,18-19H,10H2,1-4H3. The second-order valence-corrected chi connectivity index (χ2v) is 4.91. The van der Waals surface area contributed by atoms with Crippen molar-refractivity contribution >= 4 is 5.69 Å². The highest BCUT2D eigenvalue weighted by molar-refractivity contribution is 5.60. The van der Waals surface area contributed by atoms with Gasteiger partial charge in [0.2, 0.25) is 0 Å². The Morgan fingerprint density at radius 3 is 2.48 bits per heavy atom. The van der Waals surface area contributed by atoms with Gasteiger partial charge in [-0.15, -0.1) is 0 Å². The first-order chi connectivity index (χ1) is 10.1. The van der Waals surface area contributed by atoms with Crippen LogP contribution in [-0.2, 0) is 6.54 Å². The number of anilines is 1. The third kappa shape index (κ3) is 3.05. The average Bonchev–Trinajstić information content (AvgIpc) is 2.48. The first kappa shape index (κ1) is 15.0. The number of phenolic OH excluding ortho intramolecular Hbond substituents is 1. The van der Waals surface area contributed by atoms with Gasteiger partial charge in [-0.25, -0.2) is 0 Å². The van der Waals surface area contributed by atoms with E-state index in [0.717, 1.165) is 28.1 Å². The molecule has 2 aromatic rings. The Labute approximate surface area is 125 Å². The van der Waals surface area contributed by atoms with Crippen molar-refractivity contribution in [2.24, 2.45) is 0 Å². The Kier molecular flexibility index (Phi) is 4.58. The molecule has 0 aromatic heterocycles. The zero-order valence-electron chi connectivity index (χ0n) is 12.9. The molecule has 0 saturated carbocycles. The number of aromatic hydroxyl groups is 1. The van der Waals surface area contributed by atoms with Crippen LogP contribution in [0.1, 0.15) is 16.7 Å². The van der Waals surface area contributed by atoms with Crippen LogP contribution in [0.2, 0.25) is 0 Å². The van der Waals surface area contributed by atoms with E-state index in [0.29, 0.717) is 12.3 Å². The summed E-state index contributed by atoms with van der Waals surface area (Å²) in [7, 11) is 3.22. The molecule has 0 radical (unpaired) electrons. The minimum atomic E-state index is 0.171. The normalized spacial score (nSPS) is 10.3. The number of phenols is 1. The monoisotopic (exact) mass is 287 g/mol. The molecule has 112 valence electrons. The molecular formula is C17H21NO3. The fraction of sp³-hybridized carbons (Fsp3) is 0.294. The molecule has 0 aliphatic heterocycles. The number of hydrogen-bond donors (Lipinski definition) is 2. The zero-order valence-corrected chi connectivity index (χ0v) is 12.9. The van der Waals surface area contributed by atoms with Crippen LogP contribution < -0.4 is 14.8 Å². The lowest BCUT2D eigenvalue weighted by molar-refractivity contribution is 0.371. The molecule has 0 saturated heterocycles. The highest BCUT2D eigenvalue weighted by Crippen LogP contribution is 2.32. The number of para-hydroxylation sites is 1. The number of methoxy groups -OCH3 is 2. The van der Waals surface area contributed by atoms with Crippen molar-refractivity contribution in [3.8, 4) is 17.2 Å². The minimum Gasteiger partial charge on any atom is -0.504 e. The summed E-state index contributed by atoms with van der Waals surface area (Å²) in [6, 6.07) is 9.49. The van der Waals surface area contributed by atoms with E-state index >= 15 is 0 Å². The van der Waals surface area contributed by atoms with Gasteiger partial charge in [-0.1, -0.05) is 18.2 Å². The van der Waals surface area contributed by atoms with E-state index in [9.17, 15) is 5.11 Å². The van der Waals surface area contributed by atoms with Gasteiger partial charge in [0, 0.05) is 23.4 Å². The summed E-state index contributed by atoms with van der Waals surface area (Å²) in [5.74, 6) is 1.53. The van der Waals surface area contributed by atoms with Gasteiger partial charge < -0.3 is 19.9 Å². The first-order valence-corrected chi connectivity index (χ1v) is 6.81. The molecular weight excluding hydrogens is 266 g/mol. The molecule has 4 nitrogen and oxygen atoms in total. The largest absolute Gasteiger partial charge is 0.504 e. The van der Waals surface area contributed by atoms with Crippen LogP contribution in [0.5, 0.6) is 17.2 Å². The van der Waals surface area contributed by atoms with Crippen LogP contribution in [0.15, 0.2) is 30.3 Å². The summed E-state index contributed by atoms with van der Waals surface area (Å²) in [5.41, 5.74) is 3.93. The summed E-state index contributed by atoms with van der Waals surface area (Å²) < 4.78 is 10.5. The Morgan fingerprint density at radius 2 is 1.81 bits per heavy atom. The number of hydrogen-bond acceptors (Lipinski definition) is 4. The van der Waals surface area contributed by atoms with E-state index in [4.69, 9.17) is 9.47 Å². The molecule has 0 unspecified atom stereocenters. The Balaban J connectivity index is 2.21. The topological polar surface area (TPSA) is 50.7 Å². The van der Waals surface area contributed by atoms with E-state index in [1.807, 2.05) is 38.1 Å². The first-order valence-electron chi connectivity index (χ1n) is 6.81. The molecule has 0 spiro atoms. The number of rotatable bonds is 5. The second kappa shape index (κ2) is 6.39. The predicted octanol–water partition coefficient (Wildman–Crippen LogP) is 3.64. The fourth-order valence-electron chi connectivity index (χ4n) is 2.40. The number of nitrogens with one attached hydrogen (secondary N) is 1. The van der Waals surface area contributed by atoms with Gasteiger partial charge in [-0.05, 0) is 31.5 Å². The Morgan fingerprint density at radius 1 is 1.05 bits per heavy atom.